The Hall–Kier alpha value is -5.68. The van der Waals surface area contributed by atoms with Crippen molar-refractivity contribution in [3.63, 3.8) is 0 Å². The standard InChI is InChI=1S/C52H43N4OS.Pt/c1-51(2,3)36-26-27-53-48(28-36)56-44-30-39(24-25-40(44)42-31-43-41-22-13-14-23-46(41)58-47(43)32-45(42)56)57-38-21-15-20-37(29-38)54-33-55(52(4,5)6)50(35-18-11-8-12-19-35)49(54)34-16-9-7-10-17-34;/h7-28,31-33H,1-6H3;/q-3;. The number of benzene rings is 6. The van der Waals surface area contributed by atoms with E-state index in [9.17, 15) is 0 Å². The molecule has 0 saturated heterocycles. The zero-order valence-electron chi connectivity index (χ0n) is 33.9. The maximum atomic E-state index is 6.71. The van der Waals surface area contributed by atoms with E-state index >= 15 is 0 Å². The fourth-order valence-corrected chi connectivity index (χ4v) is 9.21. The number of aromatic nitrogens is 2. The van der Waals surface area contributed by atoms with E-state index in [0.717, 1.165) is 55.8 Å². The molecule has 6 aromatic carbocycles. The molecule has 0 spiro atoms. The van der Waals surface area contributed by atoms with Crippen LogP contribution >= 0.6 is 11.3 Å². The average Bonchev–Trinajstić information content (AvgIpc) is 3.90. The van der Waals surface area contributed by atoms with Gasteiger partial charge in [-0.05, 0) is 72.5 Å². The van der Waals surface area contributed by atoms with Crippen LogP contribution in [0.25, 0.3) is 59.2 Å². The van der Waals surface area contributed by atoms with E-state index < -0.39 is 0 Å². The maximum absolute atomic E-state index is 6.71. The monoisotopic (exact) mass is 966 g/mol. The largest absolute Gasteiger partial charge is 0.509 e. The van der Waals surface area contributed by atoms with E-state index in [2.05, 4.69) is 196 Å². The second kappa shape index (κ2) is 14.9. The van der Waals surface area contributed by atoms with E-state index in [0.29, 0.717) is 11.5 Å². The molecular weight excluding hydrogens is 924 g/mol. The minimum absolute atomic E-state index is 0. The summed E-state index contributed by atoms with van der Waals surface area (Å²) in [5.41, 5.74) is 8.37. The van der Waals surface area contributed by atoms with Gasteiger partial charge < -0.3 is 19.1 Å². The van der Waals surface area contributed by atoms with Crippen molar-refractivity contribution >= 4 is 70.4 Å². The van der Waals surface area contributed by atoms with Crippen LogP contribution in [-0.2, 0) is 26.5 Å². The Bertz CT molecular complexity index is 3040. The molecule has 0 N–H and O–H groups in total. The minimum atomic E-state index is -0.194. The summed E-state index contributed by atoms with van der Waals surface area (Å²) in [4.78, 5) is 9.56. The number of ether oxygens (including phenoxy) is 1. The molecule has 9 aromatic rings. The van der Waals surface area contributed by atoms with Crippen LogP contribution in [0.1, 0.15) is 58.2 Å². The van der Waals surface area contributed by atoms with E-state index in [1.54, 1.807) is 0 Å². The molecule has 10 rings (SSSR count). The van der Waals surface area contributed by atoms with E-state index in [1.165, 1.54) is 25.7 Å². The van der Waals surface area contributed by atoms with Crippen LogP contribution < -0.4 is 9.64 Å². The first-order valence-corrected chi connectivity index (χ1v) is 20.6. The molecule has 59 heavy (non-hydrogen) atoms. The first-order valence-electron chi connectivity index (χ1n) is 19.8. The molecule has 0 fully saturated rings. The predicted octanol–water partition coefficient (Wildman–Crippen LogP) is 13.8. The third-order valence-electron chi connectivity index (χ3n) is 11.0. The fraction of sp³-hybridized carbons (Fsp3) is 0.154. The van der Waals surface area contributed by atoms with Crippen LogP contribution in [0.2, 0.25) is 0 Å². The summed E-state index contributed by atoms with van der Waals surface area (Å²) in [6.07, 6.45) is 1.92. The number of rotatable bonds is 6. The topological polar surface area (TPSA) is 33.5 Å². The normalized spacial score (nSPS) is 13.6. The zero-order chi connectivity index (χ0) is 39.8. The van der Waals surface area contributed by atoms with Gasteiger partial charge in [0.15, 0.2) is 0 Å². The summed E-state index contributed by atoms with van der Waals surface area (Å²) in [7, 11) is 0. The van der Waals surface area contributed by atoms with Crippen molar-refractivity contribution in [2.45, 2.75) is 52.5 Å². The number of hydrogen-bond acceptors (Lipinski definition) is 5. The molecule has 1 aliphatic rings. The van der Waals surface area contributed by atoms with Crippen molar-refractivity contribution in [1.82, 2.24) is 14.5 Å². The van der Waals surface area contributed by atoms with Gasteiger partial charge in [0.25, 0.3) is 0 Å². The average molecular weight is 967 g/mol. The van der Waals surface area contributed by atoms with Crippen molar-refractivity contribution in [1.29, 1.82) is 0 Å². The molecule has 0 radical (unpaired) electrons. The number of fused-ring (bicyclic) bond motifs is 6. The van der Waals surface area contributed by atoms with Crippen LogP contribution in [0.5, 0.6) is 11.5 Å². The SMILES string of the molecule is CC(C)(C)c1ccnc(-n2c3[c-]c(Oc4[c-]c(N5[CH-]N(C(C)(C)C)C(c6ccccc6)=C5c5ccccc5)ccc4)ccc3c3cc4c(cc32)sc2ccccc24)c1.[Pt]. The van der Waals surface area contributed by atoms with Gasteiger partial charge in [0.2, 0.25) is 0 Å². The fourth-order valence-electron chi connectivity index (χ4n) is 8.09. The first-order chi connectivity index (χ1) is 28.0. The Labute approximate surface area is 364 Å². The second-order valence-corrected chi connectivity index (χ2v) is 18.1. The van der Waals surface area contributed by atoms with E-state index in [4.69, 9.17) is 9.72 Å². The Morgan fingerprint density at radius 3 is 2.03 bits per heavy atom. The Morgan fingerprint density at radius 1 is 0.610 bits per heavy atom. The molecule has 4 heterocycles. The number of thiophene rings is 1. The van der Waals surface area contributed by atoms with Gasteiger partial charge in [-0.1, -0.05) is 111 Å². The molecule has 0 atom stereocenters. The van der Waals surface area contributed by atoms with Crippen LogP contribution in [0.15, 0.2) is 146 Å². The molecule has 0 saturated carbocycles. The summed E-state index contributed by atoms with van der Waals surface area (Å²) in [6, 6.07) is 56.5. The number of anilines is 1. The number of pyridine rings is 1. The minimum Gasteiger partial charge on any atom is -0.509 e. The molecule has 0 unspecified atom stereocenters. The van der Waals surface area contributed by atoms with Gasteiger partial charge in [-0.25, -0.2) is 4.98 Å². The summed E-state index contributed by atoms with van der Waals surface area (Å²) in [6.45, 7) is 15.6. The van der Waals surface area contributed by atoms with Crippen molar-refractivity contribution in [2.75, 3.05) is 4.90 Å². The van der Waals surface area contributed by atoms with Crippen molar-refractivity contribution < 1.29 is 25.8 Å². The summed E-state index contributed by atoms with van der Waals surface area (Å²) in [5, 5.41) is 4.80. The summed E-state index contributed by atoms with van der Waals surface area (Å²) < 4.78 is 11.5. The van der Waals surface area contributed by atoms with E-state index in [-0.39, 0.29) is 32.0 Å². The van der Waals surface area contributed by atoms with Crippen LogP contribution in [-0.4, -0.2) is 20.0 Å². The first kappa shape index (κ1) is 38.8. The van der Waals surface area contributed by atoms with Crippen molar-refractivity contribution in [2.24, 2.45) is 0 Å². The van der Waals surface area contributed by atoms with Crippen molar-refractivity contribution in [3.05, 3.63) is 181 Å². The molecule has 5 nitrogen and oxygen atoms in total. The Kier molecular flexibility index (Phi) is 9.77. The van der Waals surface area contributed by atoms with Gasteiger partial charge >= 0.3 is 0 Å². The van der Waals surface area contributed by atoms with Crippen LogP contribution in [0.4, 0.5) is 5.69 Å². The van der Waals surface area contributed by atoms with Gasteiger partial charge in [-0.15, -0.1) is 52.7 Å². The summed E-state index contributed by atoms with van der Waals surface area (Å²) in [5.74, 6) is 2.07. The zero-order valence-corrected chi connectivity index (χ0v) is 36.9. The van der Waals surface area contributed by atoms with Gasteiger partial charge in [0.05, 0.1) is 0 Å². The number of nitrogens with zero attached hydrogens (tertiary/aromatic N) is 4. The van der Waals surface area contributed by atoms with Gasteiger partial charge in [-0.3, -0.25) is 0 Å². The van der Waals surface area contributed by atoms with E-state index in [1.807, 2.05) is 35.7 Å². The molecule has 0 aliphatic carbocycles. The Balaban J connectivity index is 0.00000449. The molecule has 296 valence electrons. The Morgan fingerprint density at radius 2 is 1.31 bits per heavy atom. The molecule has 3 aromatic heterocycles. The molecule has 0 bridgehead atoms. The van der Waals surface area contributed by atoms with Gasteiger partial charge in [-0.2, -0.15) is 18.8 Å². The van der Waals surface area contributed by atoms with Crippen LogP contribution in [0.3, 0.4) is 0 Å². The molecule has 0 amide bonds. The predicted molar refractivity (Wildman–Crippen MR) is 242 cm³/mol. The second-order valence-electron chi connectivity index (χ2n) is 17.0. The quantitative estimate of drug-likeness (QED) is 0.156. The van der Waals surface area contributed by atoms with Crippen molar-refractivity contribution in [3.8, 4) is 17.3 Å². The molecule has 7 heteroatoms. The van der Waals surface area contributed by atoms with Crippen LogP contribution in [0, 0.1) is 18.8 Å². The molecular formula is C52H43N4OPtS-3. The third-order valence-corrected chi connectivity index (χ3v) is 12.1. The third kappa shape index (κ3) is 6.92. The molecule has 1 aliphatic heterocycles. The van der Waals surface area contributed by atoms with Gasteiger partial charge in [0, 0.05) is 81.4 Å². The number of hydrogen-bond donors (Lipinski definition) is 0. The summed E-state index contributed by atoms with van der Waals surface area (Å²) >= 11 is 1.83. The smallest absolute Gasteiger partial charge is 0.135 e. The van der Waals surface area contributed by atoms with Gasteiger partial charge in [0.1, 0.15) is 5.82 Å². The maximum Gasteiger partial charge on any atom is 0.135 e.